The van der Waals surface area contributed by atoms with E-state index in [1.165, 1.54) is 22.2 Å². The third-order valence-corrected chi connectivity index (χ3v) is 2.10. The first kappa shape index (κ1) is 7.70. The molecule has 0 saturated carbocycles. The van der Waals surface area contributed by atoms with Crippen molar-refractivity contribution in [1.29, 1.82) is 5.26 Å². The normalized spacial score (nSPS) is 9.77. The maximum absolute atomic E-state index is 8.69. The highest BCUT2D eigenvalue weighted by atomic mass is 32.1. The number of nitrogens with two attached hydrogens (primary N) is 1. The fourth-order valence-electron chi connectivity index (χ4n) is 0.852. The van der Waals surface area contributed by atoms with E-state index in [1.807, 2.05) is 6.07 Å². The van der Waals surface area contributed by atoms with E-state index in [2.05, 4.69) is 15.3 Å². The van der Waals surface area contributed by atoms with Gasteiger partial charge < -0.3 is 5.73 Å². The number of hydrogen-bond donors (Lipinski definition) is 1. The van der Waals surface area contributed by atoms with Crippen LogP contribution in [0.1, 0.15) is 5.69 Å². The summed E-state index contributed by atoms with van der Waals surface area (Å²) < 4.78 is 1.40. The maximum Gasteiger partial charge on any atom is 0.235 e. The molecule has 0 radical (unpaired) electrons. The average Bonchev–Trinajstić information content (AvgIpc) is 2.71. The second kappa shape index (κ2) is 2.84. The van der Waals surface area contributed by atoms with Gasteiger partial charge in [0.15, 0.2) is 0 Å². The fraction of sp³-hybridized carbons (Fsp3) is 0. The molecule has 64 valence electrons. The Morgan fingerprint density at radius 1 is 1.54 bits per heavy atom. The molecule has 0 spiro atoms. The minimum Gasteiger partial charge on any atom is -0.374 e. The van der Waals surface area contributed by atoms with Gasteiger partial charge in [-0.05, 0) is 6.07 Å². The summed E-state index contributed by atoms with van der Waals surface area (Å²) >= 11 is 1.18. The van der Waals surface area contributed by atoms with Crippen LogP contribution in [0.2, 0.25) is 0 Å². The molecule has 0 aliphatic rings. The second-order valence-corrected chi connectivity index (χ2v) is 3.15. The summed E-state index contributed by atoms with van der Waals surface area (Å²) in [6.07, 6.45) is 1.52. The molecule has 13 heavy (non-hydrogen) atoms. The Hall–Kier alpha value is -1.94. The van der Waals surface area contributed by atoms with Gasteiger partial charge in [0.05, 0.1) is 6.20 Å². The Kier molecular flexibility index (Phi) is 1.68. The SMILES string of the molecule is N#Cc1ccnn1-c1nnc(N)s1. The maximum atomic E-state index is 8.69. The molecule has 2 rings (SSSR count). The van der Waals surface area contributed by atoms with Crippen LogP contribution < -0.4 is 5.73 Å². The first-order chi connectivity index (χ1) is 6.31. The van der Waals surface area contributed by atoms with E-state index in [0.29, 0.717) is 16.0 Å². The molecular weight excluding hydrogens is 188 g/mol. The monoisotopic (exact) mass is 192 g/mol. The zero-order chi connectivity index (χ0) is 9.26. The van der Waals surface area contributed by atoms with Crippen LogP contribution in [0.25, 0.3) is 5.13 Å². The Bertz CT molecular complexity index is 463. The molecule has 0 aliphatic carbocycles. The molecule has 2 aromatic heterocycles. The molecule has 7 heteroatoms. The molecule has 2 heterocycles. The van der Waals surface area contributed by atoms with Crippen LogP contribution in [0.4, 0.5) is 5.13 Å². The van der Waals surface area contributed by atoms with Crippen LogP contribution >= 0.6 is 11.3 Å². The third kappa shape index (κ3) is 1.23. The van der Waals surface area contributed by atoms with Gasteiger partial charge in [-0.1, -0.05) is 11.3 Å². The minimum absolute atomic E-state index is 0.356. The van der Waals surface area contributed by atoms with Crippen LogP contribution in [0.5, 0.6) is 0 Å². The average molecular weight is 192 g/mol. The van der Waals surface area contributed by atoms with Gasteiger partial charge in [0.2, 0.25) is 10.3 Å². The fourth-order valence-corrected chi connectivity index (χ4v) is 1.43. The number of nitrogen functional groups attached to an aromatic ring is 1. The van der Waals surface area contributed by atoms with E-state index in [9.17, 15) is 0 Å². The summed E-state index contributed by atoms with van der Waals surface area (Å²) in [5.74, 6) is 0. The number of rotatable bonds is 1. The van der Waals surface area contributed by atoms with Crippen LogP contribution in [0, 0.1) is 11.3 Å². The smallest absolute Gasteiger partial charge is 0.235 e. The van der Waals surface area contributed by atoms with E-state index in [4.69, 9.17) is 11.0 Å². The van der Waals surface area contributed by atoms with Crippen molar-refractivity contribution in [3.05, 3.63) is 18.0 Å². The zero-order valence-electron chi connectivity index (χ0n) is 6.38. The second-order valence-electron chi connectivity index (χ2n) is 2.16. The molecular formula is C6H4N6S. The van der Waals surface area contributed by atoms with Gasteiger partial charge in [-0.15, -0.1) is 10.2 Å². The molecule has 0 unspecified atom stereocenters. The molecule has 6 nitrogen and oxygen atoms in total. The Morgan fingerprint density at radius 2 is 2.38 bits per heavy atom. The topological polar surface area (TPSA) is 93.4 Å². The lowest BCUT2D eigenvalue weighted by molar-refractivity contribution is 0.836. The number of nitriles is 1. The van der Waals surface area contributed by atoms with E-state index in [-0.39, 0.29) is 0 Å². The van der Waals surface area contributed by atoms with Crippen LogP contribution in [-0.4, -0.2) is 20.0 Å². The Morgan fingerprint density at radius 3 is 3.00 bits per heavy atom. The number of hydrogen-bond acceptors (Lipinski definition) is 6. The molecule has 0 atom stereocenters. The van der Waals surface area contributed by atoms with E-state index in [1.54, 1.807) is 6.07 Å². The van der Waals surface area contributed by atoms with Gasteiger partial charge >= 0.3 is 0 Å². The Balaban J connectivity index is 2.53. The van der Waals surface area contributed by atoms with Crippen molar-refractivity contribution in [2.45, 2.75) is 0 Å². The summed E-state index contributed by atoms with van der Waals surface area (Å²) in [6, 6.07) is 3.58. The quantitative estimate of drug-likeness (QED) is 0.695. The van der Waals surface area contributed by atoms with Gasteiger partial charge in [-0.3, -0.25) is 0 Å². The zero-order valence-corrected chi connectivity index (χ0v) is 7.19. The van der Waals surface area contributed by atoms with Crippen molar-refractivity contribution < 1.29 is 0 Å². The summed E-state index contributed by atoms with van der Waals surface area (Å²) in [5, 5.41) is 20.8. The van der Waals surface area contributed by atoms with Crippen molar-refractivity contribution in [2.75, 3.05) is 5.73 Å². The molecule has 2 N–H and O–H groups in total. The molecule has 0 fully saturated rings. The van der Waals surface area contributed by atoms with Crippen molar-refractivity contribution in [3.8, 4) is 11.2 Å². The number of aromatic nitrogens is 4. The van der Waals surface area contributed by atoms with Gasteiger partial charge in [-0.25, -0.2) is 0 Å². The third-order valence-electron chi connectivity index (χ3n) is 1.37. The molecule has 2 aromatic rings. The summed E-state index contributed by atoms with van der Waals surface area (Å²) in [7, 11) is 0. The first-order valence-electron chi connectivity index (χ1n) is 3.35. The highest BCUT2D eigenvalue weighted by Crippen LogP contribution is 2.16. The van der Waals surface area contributed by atoms with Crippen molar-refractivity contribution in [3.63, 3.8) is 0 Å². The lowest BCUT2D eigenvalue weighted by atomic mass is 10.5. The lowest BCUT2D eigenvalue weighted by Gasteiger charge is -1.92. The van der Waals surface area contributed by atoms with Gasteiger partial charge in [-0.2, -0.15) is 15.0 Å². The highest BCUT2D eigenvalue weighted by Gasteiger charge is 2.08. The van der Waals surface area contributed by atoms with Gasteiger partial charge in [0.1, 0.15) is 11.8 Å². The van der Waals surface area contributed by atoms with Gasteiger partial charge in [0, 0.05) is 0 Å². The Labute approximate surface area is 77.2 Å². The van der Waals surface area contributed by atoms with Crippen molar-refractivity contribution in [2.24, 2.45) is 0 Å². The van der Waals surface area contributed by atoms with Crippen molar-refractivity contribution in [1.82, 2.24) is 20.0 Å². The largest absolute Gasteiger partial charge is 0.374 e. The molecule has 0 aromatic carbocycles. The number of anilines is 1. The summed E-state index contributed by atoms with van der Waals surface area (Å²) in [4.78, 5) is 0. The first-order valence-corrected chi connectivity index (χ1v) is 4.16. The minimum atomic E-state index is 0.356. The van der Waals surface area contributed by atoms with E-state index >= 15 is 0 Å². The van der Waals surface area contributed by atoms with Crippen LogP contribution in [-0.2, 0) is 0 Å². The van der Waals surface area contributed by atoms with Crippen LogP contribution in [0.15, 0.2) is 12.3 Å². The van der Waals surface area contributed by atoms with Crippen molar-refractivity contribution >= 4 is 16.5 Å². The predicted octanol–water partition coefficient (Wildman–Crippen LogP) is 0.178. The van der Waals surface area contributed by atoms with Gasteiger partial charge in [0.25, 0.3) is 0 Å². The molecule has 0 bridgehead atoms. The lowest BCUT2D eigenvalue weighted by Crippen LogP contribution is -1.98. The molecule has 0 aliphatic heterocycles. The molecule has 0 amide bonds. The van der Waals surface area contributed by atoms with E-state index in [0.717, 1.165) is 0 Å². The highest BCUT2D eigenvalue weighted by molar-refractivity contribution is 7.17. The predicted molar refractivity (Wildman–Crippen MR) is 46.2 cm³/mol. The van der Waals surface area contributed by atoms with Crippen LogP contribution in [0.3, 0.4) is 0 Å². The number of nitrogens with zero attached hydrogens (tertiary/aromatic N) is 5. The molecule has 0 saturated heterocycles. The van der Waals surface area contributed by atoms with E-state index < -0.39 is 0 Å². The summed E-state index contributed by atoms with van der Waals surface area (Å²) in [6.45, 7) is 0. The summed E-state index contributed by atoms with van der Waals surface area (Å²) in [5.41, 5.74) is 5.81. The standard InChI is InChI=1S/C6H4N6S/c7-3-4-1-2-9-12(4)6-11-10-5(8)13-6/h1-2H,(H2,8,10).